The number of fused-ring (bicyclic) bond motifs is 1. The fraction of sp³-hybridized carbons (Fsp3) is 0.375. The molecule has 5 atom stereocenters. The van der Waals surface area contributed by atoms with Crippen LogP contribution in [0.25, 0.3) is 10.8 Å². The zero-order chi connectivity index (χ0) is 15.7. The van der Waals surface area contributed by atoms with Crippen molar-refractivity contribution < 1.29 is 29.9 Å². The molecule has 0 aromatic heterocycles. The Morgan fingerprint density at radius 2 is 1.64 bits per heavy atom. The SMILES string of the molecule is OC[C@@H]1O[C@H](Oc2cccc3ccccc23)[C@H](O)[C@H](O)[C@@H]1O. The third-order valence-electron chi connectivity index (χ3n) is 3.84. The topological polar surface area (TPSA) is 99.4 Å². The molecule has 0 unspecified atom stereocenters. The molecule has 6 heteroatoms. The molecule has 1 heterocycles. The predicted octanol–water partition coefficient (Wildman–Crippen LogP) is 0.0185. The molecule has 0 aliphatic carbocycles. The van der Waals surface area contributed by atoms with Crippen LogP contribution < -0.4 is 4.74 Å². The van der Waals surface area contributed by atoms with Crippen molar-refractivity contribution in [3.8, 4) is 5.75 Å². The van der Waals surface area contributed by atoms with E-state index in [-0.39, 0.29) is 0 Å². The lowest BCUT2D eigenvalue weighted by Gasteiger charge is -2.39. The highest BCUT2D eigenvalue weighted by molar-refractivity contribution is 5.88. The third kappa shape index (κ3) is 2.67. The maximum atomic E-state index is 10.0. The second-order valence-corrected chi connectivity index (χ2v) is 5.29. The highest BCUT2D eigenvalue weighted by Crippen LogP contribution is 2.29. The second-order valence-electron chi connectivity index (χ2n) is 5.29. The summed E-state index contributed by atoms with van der Waals surface area (Å²) in [5.41, 5.74) is 0. The molecule has 0 saturated carbocycles. The molecule has 1 saturated heterocycles. The first kappa shape index (κ1) is 15.2. The van der Waals surface area contributed by atoms with Crippen molar-refractivity contribution in [3.63, 3.8) is 0 Å². The zero-order valence-corrected chi connectivity index (χ0v) is 11.7. The van der Waals surface area contributed by atoms with Crippen LogP contribution in [0.15, 0.2) is 42.5 Å². The molecule has 0 spiro atoms. The molecule has 2 aromatic rings. The summed E-state index contributed by atoms with van der Waals surface area (Å²) in [6.45, 7) is -0.486. The molecule has 0 bridgehead atoms. The van der Waals surface area contributed by atoms with E-state index in [0.29, 0.717) is 5.75 Å². The van der Waals surface area contributed by atoms with Crippen LogP contribution in [0.3, 0.4) is 0 Å². The summed E-state index contributed by atoms with van der Waals surface area (Å²) in [5, 5.41) is 40.5. The molecule has 6 nitrogen and oxygen atoms in total. The van der Waals surface area contributed by atoms with E-state index in [2.05, 4.69) is 0 Å². The standard InChI is InChI=1S/C16H18O6/c17-8-12-13(18)14(19)15(20)16(22-12)21-11-7-3-5-9-4-1-2-6-10(9)11/h1-7,12-20H,8H2/t12-,13+,14+,15+,16-/m0/s1. The molecule has 22 heavy (non-hydrogen) atoms. The van der Waals surface area contributed by atoms with Crippen LogP contribution in [0.2, 0.25) is 0 Å². The summed E-state index contributed by atoms with van der Waals surface area (Å²) in [6, 6.07) is 13.0. The molecule has 118 valence electrons. The van der Waals surface area contributed by atoms with Crippen LogP contribution in [0.1, 0.15) is 0 Å². The van der Waals surface area contributed by atoms with Crippen LogP contribution in [0, 0.1) is 0 Å². The molecule has 0 radical (unpaired) electrons. The molecular formula is C16H18O6. The summed E-state index contributed by atoms with van der Waals surface area (Å²) in [4.78, 5) is 0. The minimum Gasteiger partial charge on any atom is -0.461 e. The second kappa shape index (κ2) is 6.20. The van der Waals surface area contributed by atoms with Gasteiger partial charge in [0.2, 0.25) is 6.29 Å². The van der Waals surface area contributed by atoms with Crippen molar-refractivity contribution in [2.45, 2.75) is 30.7 Å². The summed E-state index contributed by atoms with van der Waals surface area (Å²) in [6.07, 6.45) is -6.44. The minimum absolute atomic E-state index is 0.486. The van der Waals surface area contributed by atoms with Gasteiger partial charge in [0.1, 0.15) is 30.2 Å². The Balaban J connectivity index is 1.87. The third-order valence-corrected chi connectivity index (χ3v) is 3.84. The summed E-state index contributed by atoms with van der Waals surface area (Å²) in [7, 11) is 0. The van der Waals surface area contributed by atoms with Crippen molar-refractivity contribution >= 4 is 10.8 Å². The number of aliphatic hydroxyl groups is 4. The summed E-state index contributed by atoms with van der Waals surface area (Å²) < 4.78 is 11.0. The zero-order valence-electron chi connectivity index (χ0n) is 11.7. The highest BCUT2D eigenvalue weighted by atomic mass is 16.7. The van der Waals surface area contributed by atoms with Crippen LogP contribution in [-0.2, 0) is 4.74 Å². The van der Waals surface area contributed by atoms with Gasteiger partial charge < -0.3 is 29.9 Å². The van der Waals surface area contributed by atoms with Crippen molar-refractivity contribution in [1.82, 2.24) is 0 Å². The van der Waals surface area contributed by atoms with Crippen LogP contribution >= 0.6 is 0 Å². The van der Waals surface area contributed by atoms with E-state index in [1.165, 1.54) is 0 Å². The highest BCUT2D eigenvalue weighted by Gasteiger charge is 2.44. The van der Waals surface area contributed by atoms with Crippen molar-refractivity contribution in [3.05, 3.63) is 42.5 Å². The van der Waals surface area contributed by atoms with E-state index in [1.54, 1.807) is 6.07 Å². The first-order valence-electron chi connectivity index (χ1n) is 7.07. The fourth-order valence-corrected chi connectivity index (χ4v) is 2.59. The van der Waals surface area contributed by atoms with Crippen molar-refractivity contribution in [2.24, 2.45) is 0 Å². The van der Waals surface area contributed by atoms with E-state index in [4.69, 9.17) is 9.47 Å². The Labute approximate surface area is 127 Å². The lowest BCUT2D eigenvalue weighted by atomic mass is 9.99. The fourth-order valence-electron chi connectivity index (χ4n) is 2.59. The average molecular weight is 306 g/mol. The van der Waals surface area contributed by atoms with Crippen LogP contribution in [0.5, 0.6) is 5.75 Å². The number of ether oxygens (including phenoxy) is 2. The molecule has 4 N–H and O–H groups in total. The van der Waals surface area contributed by atoms with Crippen LogP contribution in [-0.4, -0.2) is 57.7 Å². The minimum atomic E-state index is -1.45. The predicted molar refractivity (Wildman–Crippen MR) is 78.3 cm³/mol. The first-order chi connectivity index (χ1) is 10.6. The van der Waals surface area contributed by atoms with Gasteiger partial charge in [-0.05, 0) is 11.5 Å². The van der Waals surface area contributed by atoms with Gasteiger partial charge in [0.05, 0.1) is 6.61 Å². The number of hydrogen-bond donors (Lipinski definition) is 4. The Morgan fingerprint density at radius 3 is 2.41 bits per heavy atom. The van der Waals surface area contributed by atoms with E-state index in [9.17, 15) is 20.4 Å². The van der Waals surface area contributed by atoms with E-state index < -0.39 is 37.3 Å². The first-order valence-corrected chi connectivity index (χ1v) is 7.07. The van der Waals surface area contributed by atoms with E-state index in [1.807, 2.05) is 36.4 Å². The summed E-state index contributed by atoms with van der Waals surface area (Å²) >= 11 is 0. The van der Waals surface area contributed by atoms with Crippen molar-refractivity contribution in [2.75, 3.05) is 6.61 Å². The van der Waals surface area contributed by atoms with E-state index in [0.717, 1.165) is 10.8 Å². The molecule has 1 fully saturated rings. The Kier molecular flexibility index (Phi) is 4.28. The van der Waals surface area contributed by atoms with Crippen molar-refractivity contribution in [1.29, 1.82) is 0 Å². The molecule has 2 aromatic carbocycles. The average Bonchev–Trinajstić information content (AvgIpc) is 2.55. The molecule has 3 rings (SSSR count). The maximum absolute atomic E-state index is 10.0. The normalized spacial score (nSPS) is 32.1. The van der Waals surface area contributed by atoms with E-state index >= 15 is 0 Å². The van der Waals surface area contributed by atoms with Gasteiger partial charge in [-0.25, -0.2) is 0 Å². The van der Waals surface area contributed by atoms with Gasteiger partial charge in [-0.1, -0.05) is 36.4 Å². The maximum Gasteiger partial charge on any atom is 0.229 e. The van der Waals surface area contributed by atoms with Gasteiger partial charge in [-0.2, -0.15) is 0 Å². The lowest BCUT2D eigenvalue weighted by Crippen LogP contribution is -2.60. The van der Waals surface area contributed by atoms with Gasteiger partial charge in [-0.15, -0.1) is 0 Å². The number of hydrogen-bond acceptors (Lipinski definition) is 6. The van der Waals surface area contributed by atoms with Gasteiger partial charge in [0.25, 0.3) is 0 Å². The Bertz CT molecular complexity index is 638. The number of benzene rings is 2. The lowest BCUT2D eigenvalue weighted by molar-refractivity contribution is -0.277. The molecule has 0 amide bonds. The number of rotatable bonds is 3. The Morgan fingerprint density at radius 1 is 0.909 bits per heavy atom. The summed E-state index contributed by atoms with van der Waals surface area (Å²) in [5.74, 6) is 0.488. The smallest absolute Gasteiger partial charge is 0.229 e. The monoisotopic (exact) mass is 306 g/mol. The number of aliphatic hydroxyl groups excluding tert-OH is 4. The van der Waals surface area contributed by atoms with Gasteiger partial charge in [-0.3, -0.25) is 0 Å². The van der Waals surface area contributed by atoms with Gasteiger partial charge in [0, 0.05) is 5.39 Å². The Hall–Kier alpha value is -1.70. The molecular weight excluding hydrogens is 288 g/mol. The van der Waals surface area contributed by atoms with Crippen LogP contribution in [0.4, 0.5) is 0 Å². The quantitative estimate of drug-likeness (QED) is 0.638. The van der Waals surface area contributed by atoms with Gasteiger partial charge >= 0.3 is 0 Å². The molecule has 1 aliphatic heterocycles. The molecule has 1 aliphatic rings. The largest absolute Gasteiger partial charge is 0.461 e. The van der Waals surface area contributed by atoms with Gasteiger partial charge in [0.15, 0.2) is 0 Å².